The van der Waals surface area contributed by atoms with Crippen molar-refractivity contribution in [3.05, 3.63) is 34.8 Å². The molecule has 0 saturated heterocycles. The second kappa shape index (κ2) is 7.46. The van der Waals surface area contributed by atoms with Crippen molar-refractivity contribution in [1.29, 1.82) is 0 Å². The number of nitrogens with zero attached hydrogens (tertiary/aromatic N) is 1. The highest BCUT2D eigenvalue weighted by molar-refractivity contribution is 5.79. The zero-order chi connectivity index (χ0) is 16.1. The predicted octanol–water partition coefficient (Wildman–Crippen LogP) is 2.06. The van der Waals surface area contributed by atoms with Crippen LogP contribution >= 0.6 is 0 Å². The monoisotopic (exact) mass is 318 g/mol. The van der Waals surface area contributed by atoms with Crippen molar-refractivity contribution in [1.82, 2.24) is 9.88 Å². The Bertz CT molecular complexity index is 713. The molecule has 6 heteroatoms. The lowest BCUT2D eigenvalue weighted by molar-refractivity contribution is -0.121. The van der Waals surface area contributed by atoms with Gasteiger partial charge in [0.1, 0.15) is 6.54 Å². The highest BCUT2D eigenvalue weighted by Gasteiger charge is 2.15. The molecular weight excluding hydrogens is 296 g/mol. The van der Waals surface area contributed by atoms with Gasteiger partial charge in [0, 0.05) is 13.2 Å². The molecule has 0 unspecified atom stereocenters. The van der Waals surface area contributed by atoms with E-state index in [0.717, 1.165) is 19.3 Å². The zero-order valence-corrected chi connectivity index (χ0v) is 13.1. The minimum absolute atomic E-state index is 0.0284. The lowest BCUT2D eigenvalue weighted by Crippen LogP contribution is -2.32. The number of fused-ring (bicyclic) bond motifs is 1. The van der Waals surface area contributed by atoms with Gasteiger partial charge in [-0.25, -0.2) is 4.79 Å². The van der Waals surface area contributed by atoms with Gasteiger partial charge in [-0.3, -0.25) is 9.36 Å². The molecule has 1 N–H and O–H groups in total. The first-order valence-corrected chi connectivity index (χ1v) is 8.21. The Kier molecular flexibility index (Phi) is 5.12. The van der Waals surface area contributed by atoms with Crippen LogP contribution in [0.15, 0.2) is 33.5 Å². The molecule has 0 radical (unpaired) electrons. The van der Waals surface area contributed by atoms with E-state index in [2.05, 4.69) is 5.32 Å². The standard InChI is InChI=1S/C17H22N2O4/c20-16(18-10-5-11-22-13-6-1-2-7-13)12-19-14-8-3-4-9-15(14)23-17(19)21/h3-4,8-9,13H,1-2,5-7,10-12H2,(H,18,20). The van der Waals surface area contributed by atoms with Crippen molar-refractivity contribution in [2.75, 3.05) is 13.2 Å². The van der Waals surface area contributed by atoms with E-state index in [1.54, 1.807) is 18.2 Å². The first kappa shape index (κ1) is 15.8. The summed E-state index contributed by atoms with van der Waals surface area (Å²) < 4.78 is 12.2. The summed E-state index contributed by atoms with van der Waals surface area (Å²) in [6.45, 7) is 1.19. The maximum Gasteiger partial charge on any atom is 0.420 e. The highest BCUT2D eigenvalue weighted by atomic mass is 16.5. The third-order valence-corrected chi connectivity index (χ3v) is 4.17. The van der Waals surface area contributed by atoms with Crippen LogP contribution in [0.4, 0.5) is 0 Å². The molecule has 1 heterocycles. The number of benzene rings is 1. The van der Waals surface area contributed by atoms with Gasteiger partial charge in [-0.2, -0.15) is 0 Å². The molecule has 0 aliphatic heterocycles. The van der Waals surface area contributed by atoms with E-state index in [-0.39, 0.29) is 12.5 Å². The molecule has 124 valence electrons. The van der Waals surface area contributed by atoms with E-state index >= 15 is 0 Å². The van der Waals surface area contributed by atoms with Gasteiger partial charge >= 0.3 is 5.76 Å². The fourth-order valence-electron chi connectivity index (χ4n) is 2.97. The van der Waals surface area contributed by atoms with Crippen molar-refractivity contribution in [3.63, 3.8) is 0 Å². The third-order valence-electron chi connectivity index (χ3n) is 4.17. The summed E-state index contributed by atoms with van der Waals surface area (Å²) >= 11 is 0. The Morgan fingerprint density at radius 2 is 2.09 bits per heavy atom. The Labute approximate surface area is 134 Å². The molecule has 1 aromatic carbocycles. The number of rotatable bonds is 7. The number of oxazole rings is 1. The number of hydrogen-bond donors (Lipinski definition) is 1. The van der Waals surface area contributed by atoms with Crippen LogP contribution in [0.3, 0.4) is 0 Å². The maximum atomic E-state index is 12.0. The molecule has 1 amide bonds. The molecule has 1 saturated carbocycles. The van der Waals surface area contributed by atoms with Gasteiger partial charge in [0.2, 0.25) is 5.91 Å². The summed E-state index contributed by atoms with van der Waals surface area (Å²) in [4.78, 5) is 23.8. The fourth-order valence-corrected chi connectivity index (χ4v) is 2.97. The van der Waals surface area contributed by atoms with E-state index in [4.69, 9.17) is 9.15 Å². The Hall–Kier alpha value is -2.08. The molecule has 1 aliphatic carbocycles. The number of hydrogen-bond acceptors (Lipinski definition) is 4. The molecule has 0 atom stereocenters. The highest BCUT2D eigenvalue weighted by Crippen LogP contribution is 2.20. The maximum absolute atomic E-state index is 12.0. The van der Waals surface area contributed by atoms with Crippen molar-refractivity contribution in [2.45, 2.75) is 44.8 Å². The molecule has 2 aromatic rings. The number of aromatic nitrogens is 1. The number of carbonyl (C=O) groups is 1. The first-order chi connectivity index (χ1) is 11.2. The molecule has 1 aliphatic rings. The average Bonchev–Trinajstić information content (AvgIpc) is 3.16. The van der Waals surface area contributed by atoms with E-state index in [0.29, 0.717) is 30.4 Å². The quantitative estimate of drug-likeness (QED) is 0.793. The minimum atomic E-state index is -0.508. The van der Waals surface area contributed by atoms with Gasteiger partial charge in [-0.1, -0.05) is 25.0 Å². The molecule has 1 fully saturated rings. The van der Waals surface area contributed by atoms with Gasteiger partial charge in [0.05, 0.1) is 11.6 Å². The molecule has 0 spiro atoms. The lowest BCUT2D eigenvalue weighted by Gasteiger charge is -2.11. The SMILES string of the molecule is O=C(Cn1c(=O)oc2ccccc21)NCCCOC1CCCC1. The zero-order valence-electron chi connectivity index (χ0n) is 13.1. The van der Waals surface area contributed by atoms with Gasteiger partial charge in [0.25, 0.3) is 0 Å². The van der Waals surface area contributed by atoms with Crippen molar-refractivity contribution in [2.24, 2.45) is 0 Å². The summed E-state index contributed by atoms with van der Waals surface area (Å²) in [5.41, 5.74) is 1.13. The first-order valence-electron chi connectivity index (χ1n) is 8.21. The van der Waals surface area contributed by atoms with Crippen LogP contribution in [0.25, 0.3) is 11.1 Å². The Morgan fingerprint density at radius 1 is 1.30 bits per heavy atom. The van der Waals surface area contributed by atoms with Crippen LogP contribution in [0, 0.1) is 0 Å². The molecule has 6 nitrogen and oxygen atoms in total. The van der Waals surface area contributed by atoms with E-state index < -0.39 is 5.76 Å². The summed E-state index contributed by atoms with van der Waals surface area (Å²) in [5, 5.41) is 2.82. The summed E-state index contributed by atoms with van der Waals surface area (Å²) in [5.74, 6) is -0.703. The lowest BCUT2D eigenvalue weighted by atomic mass is 10.3. The second-order valence-electron chi connectivity index (χ2n) is 5.90. The summed E-state index contributed by atoms with van der Waals surface area (Å²) in [6, 6.07) is 7.08. The normalized spacial score (nSPS) is 15.3. The van der Waals surface area contributed by atoms with Crippen LogP contribution in [0.2, 0.25) is 0 Å². The molecule has 0 bridgehead atoms. The van der Waals surface area contributed by atoms with Crippen LogP contribution in [0.1, 0.15) is 32.1 Å². The van der Waals surface area contributed by atoms with E-state index in [1.807, 2.05) is 6.07 Å². The Balaban J connectivity index is 1.43. The van der Waals surface area contributed by atoms with Gasteiger partial charge in [-0.15, -0.1) is 0 Å². The number of nitrogens with one attached hydrogen (secondary N) is 1. The Morgan fingerprint density at radius 3 is 2.91 bits per heavy atom. The molecule has 3 rings (SSSR count). The van der Waals surface area contributed by atoms with Crippen LogP contribution in [0.5, 0.6) is 0 Å². The van der Waals surface area contributed by atoms with Crippen LogP contribution in [-0.4, -0.2) is 29.7 Å². The van der Waals surface area contributed by atoms with Crippen molar-refractivity contribution < 1.29 is 13.9 Å². The molecule has 23 heavy (non-hydrogen) atoms. The average molecular weight is 318 g/mol. The van der Waals surface area contributed by atoms with Crippen LogP contribution < -0.4 is 11.1 Å². The van der Waals surface area contributed by atoms with Crippen molar-refractivity contribution in [3.8, 4) is 0 Å². The predicted molar refractivity (Wildman–Crippen MR) is 86.3 cm³/mol. The molecular formula is C17H22N2O4. The number of amides is 1. The van der Waals surface area contributed by atoms with Crippen LogP contribution in [-0.2, 0) is 16.1 Å². The summed E-state index contributed by atoms with van der Waals surface area (Å²) in [6.07, 6.45) is 6.01. The van der Waals surface area contributed by atoms with E-state index in [1.165, 1.54) is 17.4 Å². The van der Waals surface area contributed by atoms with Gasteiger partial charge in [0.15, 0.2) is 5.58 Å². The second-order valence-corrected chi connectivity index (χ2v) is 5.90. The fraction of sp³-hybridized carbons (Fsp3) is 0.529. The van der Waals surface area contributed by atoms with Crippen molar-refractivity contribution >= 4 is 17.0 Å². The molecule has 1 aromatic heterocycles. The van der Waals surface area contributed by atoms with Gasteiger partial charge < -0.3 is 14.5 Å². The third kappa shape index (κ3) is 4.01. The van der Waals surface area contributed by atoms with Gasteiger partial charge in [-0.05, 0) is 31.4 Å². The number of carbonyl (C=O) groups excluding carboxylic acids is 1. The minimum Gasteiger partial charge on any atom is -0.408 e. The van der Waals surface area contributed by atoms with E-state index in [9.17, 15) is 9.59 Å². The topological polar surface area (TPSA) is 73.5 Å². The number of ether oxygens (including phenoxy) is 1. The summed E-state index contributed by atoms with van der Waals surface area (Å²) in [7, 11) is 0. The largest absolute Gasteiger partial charge is 0.420 e. The number of para-hydroxylation sites is 2. The smallest absolute Gasteiger partial charge is 0.408 e.